The lowest BCUT2D eigenvalue weighted by Crippen LogP contribution is -2.31. The topological polar surface area (TPSA) is 49.9 Å². The Morgan fingerprint density at radius 3 is 2.67 bits per heavy atom. The fourth-order valence-corrected chi connectivity index (χ4v) is 1.59. The van der Waals surface area contributed by atoms with Gasteiger partial charge < -0.3 is 11.1 Å². The van der Waals surface area contributed by atoms with E-state index < -0.39 is 0 Å². The summed E-state index contributed by atoms with van der Waals surface area (Å²) >= 11 is 0. The zero-order chi connectivity index (χ0) is 9.14. The Morgan fingerprint density at radius 2 is 2.00 bits per heavy atom. The number of hydrogen-bond donors (Lipinski definition) is 2. The second kappa shape index (κ2) is 3.85. The molecular weight excluding hydrogens is 148 g/mol. The van der Waals surface area contributed by atoms with Crippen molar-refractivity contribution in [3.05, 3.63) is 11.1 Å². The van der Waals surface area contributed by atoms with Crippen molar-refractivity contribution in [3.63, 3.8) is 0 Å². The molecule has 0 saturated heterocycles. The highest BCUT2D eigenvalue weighted by atomic mass is 14.7. The molecule has 0 aromatic carbocycles. The lowest BCUT2D eigenvalue weighted by molar-refractivity contribution is 0.632. The molecule has 0 heterocycles. The second-order valence-electron chi connectivity index (χ2n) is 3.67. The van der Waals surface area contributed by atoms with Gasteiger partial charge in [-0.3, -0.25) is 0 Å². The van der Waals surface area contributed by atoms with Crippen molar-refractivity contribution >= 4 is 5.71 Å². The second-order valence-corrected chi connectivity index (χ2v) is 3.67. The molecule has 12 heavy (non-hydrogen) atoms. The van der Waals surface area contributed by atoms with Crippen LogP contribution in [0.2, 0.25) is 0 Å². The van der Waals surface area contributed by atoms with Gasteiger partial charge in [-0.25, -0.2) is 0 Å². The summed E-state index contributed by atoms with van der Waals surface area (Å²) in [6.45, 7) is 4.13. The van der Waals surface area contributed by atoms with Crippen LogP contribution >= 0.6 is 0 Å². The maximum absolute atomic E-state index is 7.79. The van der Waals surface area contributed by atoms with Gasteiger partial charge in [0.05, 0.1) is 5.71 Å². The molecule has 0 spiro atoms. The first-order valence-corrected chi connectivity index (χ1v) is 4.63. The third-order valence-corrected chi connectivity index (χ3v) is 2.73. The maximum Gasteiger partial charge on any atom is 0.0509 e. The SMILES string of the molecule is CC1=C(C)C(=N)C(N)CCCC1. The van der Waals surface area contributed by atoms with E-state index >= 15 is 0 Å². The quantitative estimate of drug-likeness (QED) is 0.569. The number of nitrogens with one attached hydrogen (secondary N) is 1. The van der Waals surface area contributed by atoms with Crippen LogP contribution in [0.15, 0.2) is 11.1 Å². The summed E-state index contributed by atoms with van der Waals surface area (Å²) in [7, 11) is 0. The van der Waals surface area contributed by atoms with Gasteiger partial charge >= 0.3 is 0 Å². The predicted molar refractivity (Wildman–Crippen MR) is 52.5 cm³/mol. The minimum atomic E-state index is -0.0275. The van der Waals surface area contributed by atoms with Crippen LogP contribution in [0.5, 0.6) is 0 Å². The summed E-state index contributed by atoms with van der Waals surface area (Å²) < 4.78 is 0. The zero-order valence-corrected chi connectivity index (χ0v) is 7.98. The lowest BCUT2D eigenvalue weighted by Gasteiger charge is -2.19. The van der Waals surface area contributed by atoms with Gasteiger partial charge in [-0.05, 0) is 38.7 Å². The number of nitrogens with two attached hydrogens (primary N) is 1. The summed E-state index contributed by atoms with van der Waals surface area (Å²) in [6, 6.07) is -0.0275. The molecule has 0 fully saturated rings. The molecule has 1 unspecified atom stereocenters. The van der Waals surface area contributed by atoms with Crippen LogP contribution in [0.25, 0.3) is 0 Å². The molecule has 0 bridgehead atoms. The van der Waals surface area contributed by atoms with Gasteiger partial charge in [0.1, 0.15) is 0 Å². The van der Waals surface area contributed by atoms with Crippen molar-refractivity contribution in [2.24, 2.45) is 5.73 Å². The first-order chi connectivity index (χ1) is 5.63. The van der Waals surface area contributed by atoms with Crippen LogP contribution in [0.4, 0.5) is 0 Å². The largest absolute Gasteiger partial charge is 0.323 e. The van der Waals surface area contributed by atoms with Crippen molar-refractivity contribution in [3.8, 4) is 0 Å². The molecule has 0 radical (unpaired) electrons. The Hall–Kier alpha value is -0.630. The number of rotatable bonds is 0. The Labute approximate surface area is 74.4 Å². The van der Waals surface area contributed by atoms with Crippen molar-refractivity contribution < 1.29 is 0 Å². The summed E-state index contributed by atoms with van der Waals surface area (Å²) in [5.74, 6) is 0. The van der Waals surface area contributed by atoms with Gasteiger partial charge in [-0.2, -0.15) is 0 Å². The molecule has 0 aliphatic heterocycles. The molecule has 3 N–H and O–H groups in total. The van der Waals surface area contributed by atoms with Gasteiger partial charge in [0.15, 0.2) is 0 Å². The van der Waals surface area contributed by atoms with Crippen LogP contribution in [0, 0.1) is 5.41 Å². The Kier molecular flexibility index (Phi) is 3.04. The first kappa shape index (κ1) is 9.46. The van der Waals surface area contributed by atoms with Crippen LogP contribution < -0.4 is 5.73 Å². The third-order valence-electron chi connectivity index (χ3n) is 2.73. The molecule has 0 saturated carbocycles. The number of hydrogen-bond acceptors (Lipinski definition) is 2. The molecule has 1 rings (SSSR count). The minimum Gasteiger partial charge on any atom is -0.323 e. The lowest BCUT2D eigenvalue weighted by atomic mass is 9.91. The predicted octanol–water partition coefficient (Wildman–Crippen LogP) is 2.24. The average molecular weight is 166 g/mol. The molecule has 68 valence electrons. The Bertz CT molecular complexity index is 216. The van der Waals surface area contributed by atoms with E-state index in [1.807, 2.05) is 6.92 Å². The summed E-state index contributed by atoms with van der Waals surface area (Å²) in [4.78, 5) is 0. The van der Waals surface area contributed by atoms with E-state index in [-0.39, 0.29) is 6.04 Å². The fourth-order valence-electron chi connectivity index (χ4n) is 1.59. The normalized spacial score (nSPS) is 26.9. The van der Waals surface area contributed by atoms with E-state index in [1.165, 1.54) is 12.0 Å². The minimum absolute atomic E-state index is 0.0275. The molecule has 2 nitrogen and oxygen atoms in total. The number of allylic oxidation sites excluding steroid dienone is 1. The molecule has 1 aliphatic rings. The van der Waals surface area contributed by atoms with Crippen LogP contribution in [-0.4, -0.2) is 11.8 Å². The molecule has 0 amide bonds. The van der Waals surface area contributed by atoms with Gasteiger partial charge in [0.2, 0.25) is 0 Å². The van der Waals surface area contributed by atoms with E-state index in [9.17, 15) is 0 Å². The third kappa shape index (κ3) is 1.95. The van der Waals surface area contributed by atoms with Crippen LogP contribution in [0.3, 0.4) is 0 Å². The maximum atomic E-state index is 7.79. The summed E-state index contributed by atoms with van der Waals surface area (Å²) in [5, 5.41) is 7.79. The molecule has 0 aromatic heterocycles. The van der Waals surface area contributed by atoms with E-state index in [0.29, 0.717) is 5.71 Å². The molecule has 2 heteroatoms. The molecule has 1 atom stereocenters. The summed E-state index contributed by atoms with van der Waals surface area (Å²) in [6.07, 6.45) is 4.50. The Balaban J connectivity index is 2.84. The van der Waals surface area contributed by atoms with Crippen molar-refractivity contribution in [1.29, 1.82) is 5.41 Å². The standard InChI is InChI=1S/C10H18N2/c1-7-5-3-4-6-9(11)10(12)8(7)2/h9,12H,3-6,11H2,1-2H3. The van der Waals surface area contributed by atoms with Crippen molar-refractivity contribution in [1.82, 2.24) is 0 Å². The zero-order valence-electron chi connectivity index (χ0n) is 7.98. The van der Waals surface area contributed by atoms with E-state index in [2.05, 4.69) is 6.92 Å². The van der Waals surface area contributed by atoms with Gasteiger partial charge in [0, 0.05) is 6.04 Å². The fraction of sp³-hybridized carbons (Fsp3) is 0.700. The highest BCUT2D eigenvalue weighted by molar-refractivity contribution is 6.01. The molecule has 1 aliphatic carbocycles. The monoisotopic (exact) mass is 166 g/mol. The van der Waals surface area contributed by atoms with Crippen LogP contribution in [-0.2, 0) is 0 Å². The highest BCUT2D eigenvalue weighted by Crippen LogP contribution is 2.19. The van der Waals surface area contributed by atoms with Crippen molar-refractivity contribution in [2.45, 2.75) is 45.6 Å². The first-order valence-electron chi connectivity index (χ1n) is 4.63. The highest BCUT2D eigenvalue weighted by Gasteiger charge is 2.15. The van der Waals surface area contributed by atoms with E-state index in [4.69, 9.17) is 11.1 Å². The smallest absolute Gasteiger partial charge is 0.0509 e. The van der Waals surface area contributed by atoms with Crippen molar-refractivity contribution in [2.75, 3.05) is 0 Å². The Morgan fingerprint density at radius 1 is 1.33 bits per heavy atom. The van der Waals surface area contributed by atoms with Gasteiger partial charge in [-0.15, -0.1) is 0 Å². The van der Waals surface area contributed by atoms with Gasteiger partial charge in [-0.1, -0.05) is 12.0 Å². The molecule has 0 aromatic rings. The van der Waals surface area contributed by atoms with E-state index in [1.54, 1.807) is 0 Å². The summed E-state index contributed by atoms with van der Waals surface area (Å²) in [5.41, 5.74) is 8.94. The van der Waals surface area contributed by atoms with Gasteiger partial charge in [0.25, 0.3) is 0 Å². The molecular formula is C10H18N2. The van der Waals surface area contributed by atoms with Crippen LogP contribution in [0.1, 0.15) is 39.5 Å². The van der Waals surface area contributed by atoms with E-state index in [0.717, 1.165) is 24.8 Å². The average Bonchev–Trinajstić information content (AvgIpc) is 2.07.